The summed E-state index contributed by atoms with van der Waals surface area (Å²) in [5, 5.41) is 6.75. The first-order valence-corrected chi connectivity index (χ1v) is 10.7. The SMILES string of the molecule is Cc1cc(NC(=O)C(C)(C)C)sc1C(=O)NCC(C)(C)N1CCCC(C)C1. The molecule has 1 aromatic rings. The van der Waals surface area contributed by atoms with E-state index in [1.54, 1.807) is 0 Å². The standard InChI is InChI=1S/C21H35N3O2S/c1-14-9-8-10-24(12-14)21(6,7)13-22-18(25)17-15(2)11-16(27-17)23-19(26)20(3,4)5/h11,14H,8-10,12-13H2,1-7H3,(H,22,25)(H,23,26). The van der Waals surface area contributed by atoms with Crippen LogP contribution >= 0.6 is 11.3 Å². The zero-order valence-corrected chi connectivity index (χ0v) is 18.7. The van der Waals surface area contributed by atoms with Crippen LogP contribution in [0.1, 0.15) is 69.6 Å². The molecule has 152 valence electrons. The van der Waals surface area contributed by atoms with Crippen molar-refractivity contribution < 1.29 is 9.59 Å². The predicted octanol–water partition coefficient (Wildman–Crippen LogP) is 4.28. The second-order valence-corrected chi connectivity index (χ2v) is 10.6. The first-order chi connectivity index (χ1) is 12.4. The summed E-state index contributed by atoms with van der Waals surface area (Å²) in [6.45, 7) is 17.0. The maximum Gasteiger partial charge on any atom is 0.261 e. The van der Waals surface area contributed by atoms with Crippen molar-refractivity contribution in [2.24, 2.45) is 11.3 Å². The summed E-state index contributed by atoms with van der Waals surface area (Å²) in [4.78, 5) is 28.0. The van der Waals surface area contributed by atoms with E-state index in [2.05, 4.69) is 36.3 Å². The lowest BCUT2D eigenvalue weighted by Gasteiger charge is -2.43. The summed E-state index contributed by atoms with van der Waals surface area (Å²) in [5.74, 6) is 0.602. The third kappa shape index (κ3) is 5.79. The largest absolute Gasteiger partial charge is 0.349 e. The Kier molecular flexibility index (Phi) is 6.74. The molecule has 6 heteroatoms. The Hall–Kier alpha value is -1.40. The molecule has 1 atom stereocenters. The normalized spacial score (nSPS) is 19.0. The minimum Gasteiger partial charge on any atom is -0.349 e. The van der Waals surface area contributed by atoms with Crippen LogP contribution in [0.3, 0.4) is 0 Å². The van der Waals surface area contributed by atoms with Crippen LogP contribution < -0.4 is 10.6 Å². The van der Waals surface area contributed by atoms with Crippen molar-refractivity contribution in [3.8, 4) is 0 Å². The number of hydrogen-bond acceptors (Lipinski definition) is 4. The number of likely N-dealkylation sites (tertiary alicyclic amines) is 1. The lowest BCUT2D eigenvalue weighted by Crippen LogP contribution is -2.54. The Bertz CT molecular complexity index is 688. The van der Waals surface area contributed by atoms with Gasteiger partial charge in [-0.1, -0.05) is 27.7 Å². The first-order valence-electron chi connectivity index (χ1n) is 9.85. The number of amides is 2. The first kappa shape index (κ1) is 21.9. The van der Waals surface area contributed by atoms with Crippen molar-refractivity contribution >= 4 is 28.2 Å². The molecule has 2 heterocycles. The summed E-state index contributed by atoms with van der Waals surface area (Å²) in [5.41, 5.74) is 0.362. The molecule has 0 aromatic carbocycles. The smallest absolute Gasteiger partial charge is 0.261 e. The molecule has 0 saturated carbocycles. The lowest BCUT2D eigenvalue weighted by molar-refractivity contribution is -0.123. The second-order valence-electron chi connectivity index (χ2n) is 9.52. The summed E-state index contributed by atoms with van der Waals surface area (Å²) in [6, 6.07) is 1.88. The van der Waals surface area contributed by atoms with Crippen LogP contribution in [0.5, 0.6) is 0 Å². The Morgan fingerprint density at radius 1 is 1.26 bits per heavy atom. The van der Waals surface area contributed by atoms with Crippen LogP contribution in [-0.4, -0.2) is 41.9 Å². The minimum atomic E-state index is -0.462. The molecule has 1 aliphatic rings. The summed E-state index contributed by atoms with van der Waals surface area (Å²) in [6.07, 6.45) is 2.51. The third-order valence-electron chi connectivity index (χ3n) is 5.24. The molecule has 1 unspecified atom stereocenters. The van der Waals surface area contributed by atoms with Crippen molar-refractivity contribution in [3.63, 3.8) is 0 Å². The van der Waals surface area contributed by atoms with Crippen LogP contribution in [-0.2, 0) is 4.79 Å². The van der Waals surface area contributed by atoms with Crippen LogP contribution in [0.25, 0.3) is 0 Å². The van der Waals surface area contributed by atoms with Crippen molar-refractivity contribution in [2.45, 2.75) is 66.8 Å². The monoisotopic (exact) mass is 393 g/mol. The number of nitrogens with one attached hydrogen (secondary N) is 2. The van der Waals surface area contributed by atoms with E-state index in [1.807, 2.05) is 33.8 Å². The van der Waals surface area contributed by atoms with Crippen molar-refractivity contribution in [1.29, 1.82) is 0 Å². The fourth-order valence-corrected chi connectivity index (χ4v) is 4.28. The Labute approximate surface area is 167 Å². The molecule has 0 bridgehead atoms. The molecule has 0 aliphatic carbocycles. The zero-order valence-electron chi connectivity index (χ0n) is 17.9. The zero-order chi connectivity index (χ0) is 20.4. The van der Waals surface area contributed by atoms with Crippen LogP contribution in [0.15, 0.2) is 6.07 Å². The van der Waals surface area contributed by atoms with E-state index in [0.29, 0.717) is 17.3 Å². The Morgan fingerprint density at radius 2 is 1.93 bits per heavy atom. The maximum absolute atomic E-state index is 12.7. The van der Waals surface area contributed by atoms with Crippen molar-refractivity contribution in [2.75, 3.05) is 25.0 Å². The van der Waals surface area contributed by atoms with Gasteiger partial charge in [0.2, 0.25) is 5.91 Å². The van der Waals surface area contributed by atoms with Crippen LogP contribution in [0.2, 0.25) is 0 Å². The van der Waals surface area contributed by atoms with Crippen LogP contribution in [0, 0.1) is 18.3 Å². The van der Waals surface area contributed by atoms with Gasteiger partial charge in [-0.3, -0.25) is 14.5 Å². The van der Waals surface area contributed by atoms with Gasteiger partial charge >= 0.3 is 0 Å². The second kappa shape index (κ2) is 8.31. The Balaban J connectivity index is 1.98. The van der Waals surface area contributed by atoms with E-state index in [0.717, 1.165) is 23.7 Å². The fraction of sp³-hybridized carbons (Fsp3) is 0.714. The summed E-state index contributed by atoms with van der Waals surface area (Å²) < 4.78 is 0. The Morgan fingerprint density at radius 3 is 2.52 bits per heavy atom. The molecule has 2 rings (SSSR count). The molecule has 0 radical (unpaired) electrons. The quantitative estimate of drug-likeness (QED) is 0.785. The van der Waals surface area contributed by atoms with E-state index < -0.39 is 5.41 Å². The van der Waals surface area contributed by atoms with Gasteiger partial charge < -0.3 is 10.6 Å². The maximum atomic E-state index is 12.7. The van der Waals surface area contributed by atoms with E-state index in [9.17, 15) is 9.59 Å². The van der Waals surface area contributed by atoms with Gasteiger partial charge in [0, 0.05) is 24.0 Å². The molecule has 1 saturated heterocycles. The number of hydrogen-bond donors (Lipinski definition) is 2. The van der Waals surface area contributed by atoms with E-state index in [-0.39, 0.29) is 17.4 Å². The lowest BCUT2D eigenvalue weighted by atomic mass is 9.93. The number of carbonyl (C=O) groups excluding carboxylic acids is 2. The average Bonchev–Trinajstić information content (AvgIpc) is 2.92. The fourth-order valence-electron chi connectivity index (χ4n) is 3.30. The van der Waals surface area contributed by atoms with Gasteiger partial charge in [-0.25, -0.2) is 0 Å². The van der Waals surface area contributed by atoms with E-state index in [4.69, 9.17) is 0 Å². The number of piperidine rings is 1. The number of rotatable bonds is 5. The molecule has 5 nitrogen and oxygen atoms in total. The third-order valence-corrected chi connectivity index (χ3v) is 6.39. The number of anilines is 1. The highest BCUT2D eigenvalue weighted by Crippen LogP contribution is 2.29. The summed E-state index contributed by atoms with van der Waals surface area (Å²) >= 11 is 1.34. The van der Waals surface area contributed by atoms with E-state index >= 15 is 0 Å². The van der Waals surface area contributed by atoms with Gasteiger partial charge in [-0.15, -0.1) is 11.3 Å². The van der Waals surface area contributed by atoms with Gasteiger partial charge in [0.05, 0.1) is 9.88 Å². The molecule has 1 fully saturated rings. The average molecular weight is 394 g/mol. The number of nitrogens with zero attached hydrogens (tertiary/aromatic N) is 1. The number of thiophene rings is 1. The molecule has 2 N–H and O–H groups in total. The highest BCUT2D eigenvalue weighted by atomic mass is 32.1. The molecular formula is C21H35N3O2S. The van der Waals surface area contributed by atoms with E-state index in [1.165, 1.54) is 24.2 Å². The van der Waals surface area contributed by atoms with Gasteiger partial charge in [0.15, 0.2) is 0 Å². The molecule has 2 amide bonds. The van der Waals surface area contributed by atoms with Gasteiger partial charge in [-0.2, -0.15) is 0 Å². The van der Waals surface area contributed by atoms with Crippen LogP contribution in [0.4, 0.5) is 5.00 Å². The van der Waals surface area contributed by atoms with Crippen molar-refractivity contribution in [1.82, 2.24) is 10.2 Å². The molecule has 0 spiro atoms. The highest BCUT2D eigenvalue weighted by molar-refractivity contribution is 7.18. The van der Waals surface area contributed by atoms with Gasteiger partial charge in [0.1, 0.15) is 0 Å². The minimum absolute atomic E-state index is 0.0453. The molecule has 1 aliphatic heterocycles. The molecular weight excluding hydrogens is 358 g/mol. The topological polar surface area (TPSA) is 61.4 Å². The number of carbonyl (C=O) groups is 2. The molecule has 27 heavy (non-hydrogen) atoms. The van der Waals surface area contributed by atoms with Gasteiger partial charge in [0.25, 0.3) is 5.91 Å². The van der Waals surface area contributed by atoms with Crippen molar-refractivity contribution in [3.05, 3.63) is 16.5 Å². The predicted molar refractivity (Wildman–Crippen MR) is 114 cm³/mol. The molecule has 1 aromatic heterocycles. The highest BCUT2D eigenvalue weighted by Gasteiger charge is 2.31. The van der Waals surface area contributed by atoms with Gasteiger partial charge in [-0.05, 0) is 57.7 Å². The number of aryl methyl sites for hydroxylation is 1. The summed E-state index contributed by atoms with van der Waals surface area (Å²) in [7, 11) is 0.